The maximum absolute atomic E-state index is 13.0. The second kappa shape index (κ2) is 9.59. The Bertz CT molecular complexity index is 1230. The van der Waals surface area contributed by atoms with Crippen molar-refractivity contribution in [3.63, 3.8) is 0 Å². The Morgan fingerprint density at radius 1 is 1.26 bits per heavy atom. The second-order valence-electron chi connectivity index (χ2n) is 9.45. The molecule has 1 N–H and O–H groups in total. The summed E-state index contributed by atoms with van der Waals surface area (Å²) in [6.45, 7) is 6.22. The van der Waals surface area contributed by atoms with Crippen molar-refractivity contribution in [2.24, 2.45) is 0 Å². The first-order valence-corrected chi connectivity index (χ1v) is 12.5. The first kappa shape index (κ1) is 25.1. The number of fused-ring (bicyclic) bond motifs is 1. The van der Waals surface area contributed by atoms with Crippen LogP contribution < -0.4 is 15.0 Å². The highest BCUT2D eigenvalue weighted by atomic mass is 35.5. The molecule has 9 heteroatoms. The van der Waals surface area contributed by atoms with E-state index in [1.165, 1.54) is 0 Å². The number of benzene rings is 2. The molecule has 3 amide bonds. The summed E-state index contributed by atoms with van der Waals surface area (Å²) in [4.78, 5) is 41.4. The summed E-state index contributed by atoms with van der Waals surface area (Å²) in [5, 5.41) is 2.70. The number of rotatable bonds is 5. The molecule has 184 valence electrons. The lowest BCUT2D eigenvalue weighted by Gasteiger charge is -2.45. The monoisotopic (exact) mass is 513 g/mol. The van der Waals surface area contributed by atoms with Gasteiger partial charge in [-0.05, 0) is 91.5 Å². The fourth-order valence-electron chi connectivity index (χ4n) is 4.51. The lowest BCUT2D eigenvalue weighted by atomic mass is 9.80. The molecule has 2 aromatic rings. The van der Waals surface area contributed by atoms with Crippen LogP contribution in [0.2, 0.25) is 5.02 Å². The molecule has 0 bridgehead atoms. The summed E-state index contributed by atoms with van der Waals surface area (Å²) in [5.74, 6) is -0.00280. The van der Waals surface area contributed by atoms with Crippen LogP contribution in [-0.4, -0.2) is 48.2 Å². The van der Waals surface area contributed by atoms with E-state index in [9.17, 15) is 14.4 Å². The Labute approximate surface area is 214 Å². The number of halogens is 1. The summed E-state index contributed by atoms with van der Waals surface area (Å²) < 4.78 is 5.10. The zero-order valence-corrected chi connectivity index (χ0v) is 21.9. The number of carbonyl (C=O) groups is 3. The quantitative estimate of drug-likeness (QED) is 0.513. The number of thioether (sulfide) groups is 1. The summed E-state index contributed by atoms with van der Waals surface area (Å²) in [6.07, 6.45) is 2.62. The van der Waals surface area contributed by atoms with Gasteiger partial charge in [-0.3, -0.25) is 19.3 Å². The molecule has 2 aliphatic heterocycles. The predicted molar refractivity (Wildman–Crippen MR) is 141 cm³/mol. The van der Waals surface area contributed by atoms with Crippen molar-refractivity contribution in [2.75, 3.05) is 30.9 Å². The van der Waals surface area contributed by atoms with Crippen molar-refractivity contribution < 1.29 is 19.1 Å². The van der Waals surface area contributed by atoms with Crippen LogP contribution in [0.5, 0.6) is 5.75 Å². The molecule has 35 heavy (non-hydrogen) atoms. The normalized spacial score (nSPS) is 20.3. The number of imide groups is 1. The molecule has 0 spiro atoms. The molecule has 1 saturated heterocycles. The molecule has 0 aliphatic carbocycles. The number of nitrogens with one attached hydrogen (secondary N) is 1. The number of ether oxygens (including phenoxy) is 1. The minimum absolute atomic E-state index is 0.00626. The van der Waals surface area contributed by atoms with E-state index in [2.05, 4.69) is 38.0 Å². The van der Waals surface area contributed by atoms with Gasteiger partial charge in [-0.15, -0.1) is 0 Å². The number of methoxy groups -OCH3 is 1. The highest BCUT2D eigenvalue weighted by Crippen LogP contribution is 2.45. The van der Waals surface area contributed by atoms with Gasteiger partial charge in [-0.2, -0.15) is 0 Å². The molecule has 7 nitrogen and oxygen atoms in total. The molecular formula is C26H28ClN3O4S. The molecular weight excluding hydrogens is 486 g/mol. The van der Waals surface area contributed by atoms with Crippen molar-refractivity contribution >= 4 is 57.9 Å². The van der Waals surface area contributed by atoms with E-state index in [1.807, 2.05) is 12.1 Å². The standard InChI is InChI=1S/C26H28ClN3O4S/c1-15-13-26(2,3)29(4)21-12-20(27)16(10-19(15)21)11-22-24(32)30(25(33)35-22)14-23(31)28-17-6-8-18(34-5)9-7-17/h6-12,15H,13-14H2,1-5H3,(H,28,31)/b22-11-/t15-/m1/s1. The molecule has 0 aromatic heterocycles. The molecule has 0 radical (unpaired) electrons. The fourth-order valence-corrected chi connectivity index (χ4v) is 5.55. The number of amides is 3. The van der Waals surface area contributed by atoms with Crippen molar-refractivity contribution in [1.29, 1.82) is 0 Å². The van der Waals surface area contributed by atoms with Crippen LogP contribution in [0.3, 0.4) is 0 Å². The molecule has 2 heterocycles. The van der Waals surface area contributed by atoms with Gasteiger partial charge in [0, 0.05) is 29.0 Å². The lowest BCUT2D eigenvalue weighted by molar-refractivity contribution is -0.127. The van der Waals surface area contributed by atoms with Crippen LogP contribution in [0, 0.1) is 0 Å². The van der Waals surface area contributed by atoms with Crippen LogP contribution in [0.25, 0.3) is 6.08 Å². The second-order valence-corrected chi connectivity index (χ2v) is 10.9. The van der Waals surface area contributed by atoms with E-state index in [0.29, 0.717) is 27.9 Å². The molecule has 0 unspecified atom stereocenters. The largest absolute Gasteiger partial charge is 0.497 e. The van der Waals surface area contributed by atoms with Crippen LogP contribution in [0.4, 0.5) is 16.2 Å². The Morgan fingerprint density at radius 3 is 2.60 bits per heavy atom. The van der Waals surface area contributed by atoms with Crippen molar-refractivity contribution in [2.45, 2.75) is 38.6 Å². The van der Waals surface area contributed by atoms with E-state index < -0.39 is 17.1 Å². The van der Waals surface area contributed by atoms with Crippen LogP contribution in [-0.2, 0) is 9.59 Å². The van der Waals surface area contributed by atoms with Crippen LogP contribution >= 0.6 is 23.4 Å². The minimum Gasteiger partial charge on any atom is -0.497 e. The predicted octanol–water partition coefficient (Wildman–Crippen LogP) is 5.75. The fraction of sp³-hybridized carbons (Fsp3) is 0.346. The SMILES string of the molecule is COc1ccc(NC(=O)CN2C(=O)S/C(=C\c3cc4c(cc3Cl)N(C)C(C)(C)C[C@H]4C)C2=O)cc1. The first-order valence-electron chi connectivity index (χ1n) is 11.3. The Hall–Kier alpha value is -2.97. The zero-order valence-electron chi connectivity index (χ0n) is 20.3. The summed E-state index contributed by atoms with van der Waals surface area (Å²) >= 11 is 7.41. The third-order valence-electron chi connectivity index (χ3n) is 6.59. The third kappa shape index (κ3) is 5.04. The van der Waals surface area contributed by atoms with Gasteiger partial charge < -0.3 is 15.0 Å². The van der Waals surface area contributed by atoms with Crippen LogP contribution in [0.15, 0.2) is 41.3 Å². The zero-order chi connectivity index (χ0) is 25.5. The first-order chi connectivity index (χ1) is 16.5. The molecule has 0 saturated carbocycles. The lowest BCUT2D eigenvalue weighted by Crippen LogP contribution is -2.45. The Balaban J connectivity index is 1.52. The average molecular weight is 514 g/mol. The number of nitrogens with zero attached hydrogens (tertiary/aromatic N) is 2. The van der Waals surface area contributed by atoms with E-state index in [1.54, 1.807) is 37.5 Å². The highest BCUT2D eigenvalue weighted by molar-refractivity contribution is 8.18. The van der Waals surface area contributed by atoms with Gasteiger partial charge in [0.1, 0.15) is 12.3 Å². The van der Waals surface area contributed by atoms with Gasteiger partial charge in [-0.25, -0.2) is 0 Å². The smallest absolute Gasteiger partial charge is 0.294 e. The molecule has 2 aliphatic rings. The molecule has 1 atom stereocenters. The number of anilines is 2. The summed E-state index contributed by atoms with van der Waals surface area (Å²) in [6, 6.07) is 10.7. The van der Waals surface area contributed by atoms with Crippen molar-refractivity contribution in [3.8, 4) is 5.75 Å². The summed E-state index contributed by atoms with van der Waals surface area (Å²) in [7, 11) is 3.61. The summed E-state index contributed by atoms with van der Waals surface area (Å²) in [5.41, 5.74) is 3.45. The molecule has 2 aromatic carbocycles. The topological polar surface area (TPSA) is 79.0 Å². The minimum atomic E-state index is -0.509. The van der Waals surface area contributed by atoms with Gasteiger partial charge >= 0.3 is 0 Å². The Morgan fingerprint density at radius 2 is 1.94 bits per heavy atom. The van der Waals surface area contributed by atoms with Crippen LogP contribution in [0.1, 0.15) is 44.2 Å². The highest BCUT2D eigenvalue weighted by Gasteiger charge is 2.37. The maximum atomic E-state index is 13.0. The third-order valence-corrected chi connectivity index (χ3v) is 7.82. The van der Waals surface area contributed by atoms with Gasteiger partial charge in [0.05, 0.1) is 12.0 Å². The van der Waals surface area contributed by atoms with E-state index in [4.69, 9.17) is 16.3 Å². The van der Waals surface area contributed by atoms with E-state index in [-0.39, 0.29) is 17.0 Å². The van der Waals surface area contributed by atoms with Gasteiger partial charge in [0.25, 0.3) is 11.1 Å². The number of hydrogen-bond donors (Lipinski definition) is 1. The molecule has 1 fully saturated rings. The van der Waals surface area contributed by atoms with Crippen molar-refractivity contribution in [3.05, 3.63) is 57.5 Å². The van der Waals surface area contributed by atoms with Crippen molar-refractivity contribution in [1.82, 2.24) is 4.90 Å². The van der Waals surface area contributed by atoms with Gasteiger partial charge in [0.15, 0.2) is 0 Å². The van der Waals surface area contributed by atoms with E-state index >= 15 is 0 Å². The van der Waals surface area contributed by atoms with Gasteiger partial charge in [0.2, 0.25) is 5.91 Å². The van der Waals surface area contributed by atoms with Gasteiger partial charge in [-0.1, -0.05) is 18.5 Å². The van der Waals surface area contributed by atoms with E-state index in [0.717, 1.165) is 34.3 Å². The maximum Gasteiger partial charge on any atom is 0.294 e. The number of carbonyl (C=O) groups excluding carboxylic acids is 3. The Kier molecular flexibility index (Phi) is 6.88. The average Bonchev–Trinajstić information content (AvgIpc) is 3.06. The number of hydrogen-bond acceptors (Lipinski definition) is 6. The molecule has 4 rings (SSSR count).